The molecule has 0 N–H and O–H groups in total. The monoisotopic (exact) mass is 484 g/mol. The minimum atomic E-state index is -0.202. The van der Waals surface area contributed by atoms with E-state index in [0.29, 0.717) is 0 Å². The summed E-state index contributed by atoms with van der Waals surface area (Å²) in [5, 5.41) is 5.74. The highest BCUT2D eigenvalue weighted by atomic mass is 19.1. The van der Waals surface area contributed by atoms with Gasteiger partial charge in [-0.25, -0.2) is 4.39 Å². The summed E-state index contributed by atoms with van der Waals surface area (Å²) in [4.78, 5) is 9.71. The Morgan fingerprint density at radius 3 is 2.19 bits per heavy atom. The lowest BCUT2D eigenvalue weighted by Crippen LogP contribution is -2.12. The Hall–Kier alpha value is -4.11. The van der Waals surface area contributed by atoms with Crippen molar-refractivity contribution in [3.8, 4) is 22.4 Å². The van der Waals surface area contributed by atoms with Gasteiger partial charge in [-0.05, 0) is 99.6 Å². The molecule has 0 saturated heterocycles. The maximum atomic E-state index is 13.9. The van der Waals surface area contributed by atoms with Crippen molar-refractivity contribution in [2.24, 2.45) is 0 Å². The fourth-order valence-electron chi connectivity index (χ4n) is 5.66. The summed E-state index contributed by atoms with van der Waals surface area (Å²) in [6.07, 6.45) is 3.84. The number of benzene rings is 4. The van der Waals surface area contributed by atoms with Crippen LogP contribution in [0.3, 0.4) is 0 Å². The van der Waals surface area contributed by atoms with Gasteiger partial charge in [-0.2, -0.15) is 0 Å². The third kappa shape index (κ3) is 3.95. The molecule has 182 valence electrons. The van der Waals surface area contributed by atoms with E-state index in [1.807, 2.05) is 26.2 Å². The molecule has 37 heavy (non-hydrogen) atoms. The summed E-state index contributed by atoms with van der Waals surface area (Å²) in [5.74, 6) is -0.202. The van der Waals surface area contributed by atoms with Crippen LogP contribution in [0.15, 0.2) is 85.2 Å². The van der Waals surface area contributed by atoms with E-state index in [1.165, 1.54) is 16.3 Å². The highest BCUT2D eigenvalue weighted by Crippen LogP contribution is 2.38. The topological polar surface area (TPSA) is 25.8 Å². The minimum absolute atomic E-state index is 0.00182. The van der Waals surface area contributed by atoms with Crippen molar-refractivity contribution in [3.63, 3.8) is 0 Å². The van der Waals surface area contributed by atoms with Gasteiger partial charge >= 0.3 is 0 Å². The second kappa shape index (κ2) is 8.48. The van der Waals surface area contributed by atoms with Crippen LogP contribution in [0.2, 0.25) is 0 Å². The van der Waals surface area contributed by atoms with Crippen LogP contribution in [0.5, 0.6) is 0 Å². The van der Waals surface area contributed by atoms with Crippen LogP contribution in [0.25, 0.3) is 54.8 Å². The van der Waals surface area contributed by atoms with Gasteiger partial charge in [0.15, 0.2) is 0 Å². The molecular weight excluding hydrogens is 455 g/mol. The van der Waals surface area contributed by atoms with E-state index in [4.69, 9.17) is 9.97 Å². The Kier molecular flexibility index (Phi) is 5.34. The lowest BCUT2D eigenvalue weighted by molar-refractivity contribution is 0.596. The van der Waals surface area contributed by atoms with Gasteiger partial charge in [0.25, 0.3) is 0 Å². The molecule has 0 aliphatic carbocycles. The first-order chi connectivity index (χ1) is 17.7. The molecule has 2 nitrogen and oxygen atoms in total. The van der Waals surface area contributed by atoms with Gasteiger partial charge in [-0.1, -0.05) is 57.2 Å². The molecule has 2 aromatic heterocycles. The van der Waals surface area contributed by atoms with Crippen molar-refractivity contribution in [3.05, 3.63) is 108 Å². The van der Waals surface area contributed by atoms with Crippen molar-refractivity contribution in [1.82, 2.24) is 9.97 Å². The van der Waals surface area contributed by atoms with E-state index in [9.17, 15) is 4.39 Å². The van der Waals surface area contributed by atoms with Crippen molar-refractivity contribution in [2.45, 2.75) is 40.0 Å². The standard InChI is InChI=1S/C34H29FN2/c1-20-14-25(35)15-21(2)32(20)23-10-11-28-27-12-13-36-33(29(27)19-37-31(28)18-23)24-16-22-8-6-7-9-26(22)30(17-24)34(3,4)5/h6-19H,1-5H3. The smallest absolute Gasteiger partial charge is 0.123 e. The van der Waals surface area contributed by atoms with Crippen LogP contribution >= 0.6 is 0 Å². The van der Waals surface area contributed by atoms with Gasteiger partial charge in [-0.15, -0.1) is 0 Å². The second-order valence-electron chi connectivity index (χ2n) is 11.0. The Bertz CT molecular complexity index is 1820. The number of rotatable bonds is 2. The van der Waals surface area contributed by atoms with Crippen molar-refractivity contribution < 1.29 is 4.39 Å². The van der Waals surface area contributed by atoms with Crippen molar-refractivity contribution >= 4 is 32.4 Å². The molecule has 4 aromatic carbocycles. The molecule has 0 aliphatic heterocycles. The van der Waals surface area contributed by atoms with Gasteiger partial charge in [-0.3, -0.25) is 9.97 Å². The van der Waals surface area contributed by atoms with Crippen LogP contribution in [0.1, 0.15) is 37.5 Å². The molecule has 6 rings (SSSR count). The Morgan fingerprint density at radius 1 is 0.676 bits per heavy atom. The van der Waals surface area contributed by atoms with E-state index in [-0.39, 0.29) is 11.2 Å². The van der Waals surface area contributed by atoms with E-state index in [0.717, 1.165) is 55.2 Å². The number of nitrogens with zero attached hydrogens (tertiary/aromatic N) is 2. The SMILES string of the molecule is Cc1cc(F)cc(C)c1-c1ccc2c(c1)ncc1c(-c3cc(C(C)(C)C)c4ccccc4c3)nccc12. The summed E-state index contributed by atoms with van der Waals surface area (Å²) < 4.78 is 13.9. The molecule has 6 aromatic rings. The largest absolute Gasteiger partial charge is 0.256 e. The van der Waals surface area contributed by atoms with E-state index < -0.39 is 0 Å². The highest BCUT2D eigenvalue weighted by molar-refractivity contribution is 6.10. The Morgan fingerprint density at radius 2 is 1.43 bits per heavy atom. The number of pyridine rings is 2. The Labute approximate surface area is 216 Å². The number of halogens is 1. The number of hydrogen-bond acceptors (Lipinski definition) is 2. The summed E-state index contributed by atoms with van der Waals surface area (Å²) >= 11 is 0. The summed E-state index contributed by atoms with van der Waals surface area (Å²) in [6.45, 7) is 10.7. The van der Waals surface area contributed by atoms with E-state index in [1.54, 1.807) is 12.1 Å². The molecule has 0 radical (unpaired) electrons. The first-order valence-corrected chi connectivity index (χ1v) is 12.7. The van der Waals surface area contributed by atoms with Crippen molar-refractivity contribution in [2.75, 3.05) is 0 Å². The molecule has 0 fully saturated rings. The molecule has 2 heterocycles. The average molecular weight is 485 g/mol. The first-order valence-electron chi connectivity index (χ1n) is 12.7. The molecule has 0 amide bonds. The number of aryl methyl sites for hydroxylation is 2. The lowest BCUT2D eigenvalue weighted by Gasteiger charge is -2.23. The van der Waals surface area contributed by atoms with Gasteiger partial charge in [0.2, 0.25) is 0 Å². The van der Waals surface area contributed by atoms with Gasteiger partial charge in [0.1, 0.15) is 5.82 Å². The van der Waals surface area contributed by atoms with Crippen LogP contribution in [0.4, 0.5) is 4.39 Å². The van der Waals surface area contributed by atoms with Crippen LogP contribution in [-0.2, 0) is 5.41 Å². The molecule has 0 bridgehead atoms. The van der Waals surface area contributed by atoms with Gasteiger partial charge < -0.3 is 0 Å². The molecule has 0 spiro atoms. The predicted octanol–water partition coefficient (Wildman–Crippen LogP) is 9.32. The third-order valence-corrected chi connectivity index (χ3v) is 7.34. The average Bonchev–Trinajstić information content (AvgIpc) is 2.86. The lowest BCUT2D eigenvalue weighted by atomic mass is 9.82. The number of aromatic nitrogens is 2. The molecule has 0 atom stereocenters. The number of fused-ring (bicyclic) bond motifs is 4. The molecular formula is C34H29FN2. The van der Waals surface area contributed by atoms with Gasteiger partial charge in [0.05, 0.1) is 11.2 Å². The molecule has 3 heteroatoms. The second-order valence-corrected chi connectivity index (χ2v) is 11.0. The zero-order valence-electron chi connectivity index (χ0n) is 21.9. The first kappa shape index (κ1) is 23.3. The summed E-state index contributed by atoms with van der Waals surface area (Å²) in [5.41, 5.74) is 8.23. The quantitative estimate of drug-likeness (QED) is 0.229. The van der Waals surface area contributed by atoms with Crippen molar-refractivity contribution in [1.29, 1.82) is 0 Å². The third-order valence-electron chi connectivity index (χ3n) is 7.34. The van der Waals surface area contributed by atoms with E-state index >= 15 is 0 Å². The van der Waals surface area contributed by atoms with E-state index in [2.05, 4.69) is 81.4 Å². The molecule has 0 saturated carbocycles. The van der Waals surface area contributed by atoms with Crippen LogP contribution in [-0.4, -0.2) is 9.97 Å². The Balaban J connectivity index is 1.56. The maximum Gasteiger partial charge on any atom is 0.123 e. The normalized spacial score (nSPS) is 12.1. The number of hydrogen-bond donors (Lipinski definition) is 0. The minimum Gasteiger partial charge on any atom is -0.256 e. The highest BCUT2D eigenvalue weighted by Gasteiger charge is 2.20. The fourth-order valence-corrected chi connectivity index (χ4v) is 5.66. The maximum absolute atomic E-state index is 13.9. The zero-order valence-corrected chi connectivity index (χ0v) is 21.9. The fraction of sp³-hybridized carbons (Fsp3) is 0.176. The summed E-state index contributed by atoms with van der Waals surface area (Å²) in [6, 6.07) is 24.7. The van der Waals surface area contributed by atoms with Crippen LogP contribution in [0, 0.1) is 19.7 Å². The molecule has 0 aliphatic rings. The zero-order chi connectivity index (χ0) is 25.9. The molecule has 0 unspecified atom stereocenters. The summed E-state index contributed by atoms with van der Waals surface area (Å²) in [7, 11) is 0. The van der Waals surface area contributed by atoms with Crippen LogP contribution < -0.4 is 0 Å². The van der Waals surface area contributed by atoms with Gasteiger partial charge in [0, 0.05) is 28.7 Å². The predicted molar refractivity (Wildman–Crippen MR) is 154 cm³/mol.